The summed E-state index contributed by atoms with van der Waals surface area (Å²) in [5.41, 5.74) is 10.8. The molecule has 0 aliphatic heterocycles. The van der Waals surface area contributed by atoms with Gasteiger partial charge in [-0.15, -0.1) is 0 Å². The summed E-state index contributed by atoms with van der Waals surface area (Å²) in [7, 11) is 0. The summed E-state index contributed by atoms with van der Waals surface area (Å²) >= 11 is 0. The molecule has 10 aromatic carbocycles. The van der Waals surface area contributed by atoms with Crippen LogP contribution in [0.4, 0.5) is 0 Å². The van der Waals surface area contributed by atoms with E-state index in [0.29, 0.717) is 29.3 Å². The van der Waals surface area contributed by atoms with Crippen molar-refractivity contribution in [1.82, 2.24) is 29.5 Å². The molecule has 0 aliphatic rings. The van der Waals surface area contributed by atoms with Crippen molar-refractivity contribution in [1.29, 1.82) is 0 Å². The van der Waals surface area contributed by atoms with Gasteiger partial charge in [0.1, 0.15) is 11.0 Å². The van der Waals surface area contributed by atoms with Crippen molar-refractivity contribution in [2.45, 2.75) is 0 Å². The van der Waals surface area contributed by atoms with Gasteiger partial charge >= 0.3 is 0 Å². The molecule has 14 rings (SSSR count). The van der Waals surface area contributed by atoms with Crippen LogP contribution in [0.5, 0.6) is 0 Å². The Morgan fingerprint density at radius 1 is 0.299 bits per heavy atom. The van der Waals surface area contributed by atoms with Crippen LogP contribution in [-0.2, 0) is 0 Å². The van der Waals surface area contributed by atoms with E-state index in [2.05, 4.69) is 114 Å². The highest BCUT2D eigenvalue weighted by molar-refractivity contribution is 6.24. The van der Waals surface area contributed by atoms with Crippen LogP contribution in [0.2, 0.25) is 0 Å². The number of benzene rings is 10. The molecule has 0 radical (unpaired) electrons. The number of fused-ring (bicyclic) bond motifs is 10. The Morgan fingerprint density at radius 2 is 0.746 bits per heavy atom. The molecule has 0 aliphatic carbocycles. The fraction of sp³-hybridized carbons (Fsp3) is 0. The summed E-state index contributed by atoms with van der Waals surface area (Å²) in [5, 5.41) is 9.44. The van der Waals surface area contributed by atoms with Gasteiger partial charge in [-0.05, 0) is 88.3 Å². The molecule has 0 unspecified atom stereocenters. The van der Waals surface area contributed by atoms with Gasteiger partial charge in [-0.1, -0.05) is 140 Å². The normalized spacial score (nSPS) is 11.9. The smallest absolute Gasteiger partial charge is 0.227 e. The summed E-state index contributed by atoms with van der Waals surface area (Å²) in [5.74, 6) is 2.77. The lowest BCUT2D eigenvalue weighted by molar-refractivity contribution is 0.619. The minimum atomic E-state index is 0.547. The van der Waals surface area contributed by atoms with E-state index < -0.39 is 0 Å². The molecule has 0 saturated heterocycles. The zero-order valence-electron chi connectivity index (χ0n) is 35.6. The lowest BCUT2D eigenvalue weighted by Crippen LogP contribution is -2.00. The Balaban J connectivity index is 0.927. The van der Waals surface area contributed by atoms with E-state index >= 15 is 0 Å². The summed E-state index contributed by atoms with van der Waals surface area (Å²) in [6.45, 7) is 0. The lowest BCUT2D eigenvalue weighted by Gasteiger charge is -2.13. The van der Waals surface area contributed by atoms with Crippen LogP contribution < -0.4 is 0 Å². The first-order chi connectivity index (χ1) is 33.1. The average molecular weight is 859 g/mol. The van der Waals surface area contributed by atoms with Crippen LogP contribution in [0.15, 0.2) is 215 Å². The molecule has 14 aromatic rings. The van der Waals surface area contributed by atoms with Crippen LogP contribution in [0.1, 0.15) is 0 Å². The fourth-order valence-electron chi connectivity index (χ4n) is 9.59. The number of aromatic nitrogens is 6. The third kappa shape index (κ3) is 6.11. The summed E-state index contributed by atoms with van der Waals surface area (Å²) in [6, 6.07) is 71.1. The van der Waals surface area contributed by atoms with Gasteiger partial charge in [0.05, 0.1) is 11.0 Å². The van der Waals surface area contributed by atoms with Crippen LogP contribution in [0.3, 0.4) is 0 Å². The van der Waals surface area contributed by atoms with Crippen LogP contribution in [-0.4, -0.2) is 29.5 Å². The zero-order chi connectivity index (χ0) is 44.0. The molecule has 312 valence electrons. The number of oxazole rings is 2. The van der Waals surface area contributed by atoms with Gasteiger partial charge in [0.25, 0.3) is 0 Å². The number of rotatable bonds is 6. The maximum atomic E-state index is 6.09. The Labute approximate surface area is 382 Å². The van der Waals surface area contributed by atoms with E-state index in [9.17, 15) is 0 Å². The number of nitrogens with zero attached hydrogens (tertiary/aromatic N) is 6. The van der Waals surface area contributed by atoms with Crippen molar-refractivity contribution < 1.29 is 8.83 Å². The van der Waals surface area contributed by atoms with Crippen molar-refractivity contribution in [3.63, 3.8) is 0 Å². The van der Waals surface area contributed by atoms with Crippen LogP contribution >= 0.6 is 0 Å². The predicted octanol–water partition coefficient (Wildman–Crippen LogP) is 15.0. The maximum absolute atomic E-state index is 6.09. The minimum Gasteiger partial charge on any atom is -0.436 e. The number of hydrogen-bond donors (Lipinski definition) is 0. The SMILES string of the molecule is c1ccc2cc(-n3c4c5ccccc5ccc4c4ccc5cc(-c6nc(-c7ccc(-c8nc9ccccc9o8)cc7)nc(-c7ccc(-c8nc9ccccc9o8)cc7)n6)ccc5c43)ccc2c1. The summed E-state index contributed by atoms with van der Waals surface area (Å²) < 4.78 is 14.6. The van der Waals surface area contributed by atoms with E-state index in [1.54, 1.807) is 0 Å². The van der Waals surface area contributed by atoms with Gasteiger partial charge in [0, 0.05) is 55.0 Å². The van der Waals surface area contributed by atoms with Crippen molar-refractivity contribution in [3.8, 4) is 62.8 Å². The molecule has 4 aromatic heterocycles. The van der Waals surface area contributed by atoms with Gasteiger partial charge in [-0.25, -0.2) is 24.9 Å². The second-order valence-electron chi connectivity index (χ2n) is 16.9. The van der Waals surface area contributed by atoms with Crippen LogP contribution in [0.25, 0.3) is 139 Å². The molecule has 4 heterocycles. The molecular formula is C59H34N6O2. The predicted molar refractivity (Wildman–Crippen MR) is 269 cm³/mol. The molecule has 0 amide bonds. The molecule has 0 bridgehead atoms. The van der Waals surface area contributed by atoms with Crippen molar-refractivity contribution in [2.75, 3.05) is 0 Å². The first-order valence-electron chi connectivity index (χ1n) is 22.2. The highest BCUT2D eigenvalue weighted by atomic mass is 16.4. The monoisotopic (exact) mass is 858 g/mol. The highest BCUT2D eigenvalue weighted by Crippen LogP contribution is 2.41. The average Bonchev–Trinajstić information content (AvgIpc) is 4.13. The van der Waals surface area contributed by atoms with E-state index in [4.69, 9.17) is 33.8 Å². The van der Waals surface area contributed by atoms with Crippen LogP contribution in [0, 0.1) is 0 Å². The van der Waals surface area contributed by atoms with E-state index in [-0.39, 0.29) is 0 Å². The van der Waals surface area contributed by atoms with E-state index in [1.807, 2.05) is 97.1 Å². The van der Waals surface area contributed by atoms with E-state index in [1.165, 1.54) is 37.8 Å². The second kappa shape index (κ2) is 14.6. The molecule has 0 spiro atoms. The Morgan fingerprint density at radius 3 is 1.36 bits per heavy atom. The molecule has 0 fully saturated rings. The molecule has 0 saturated carbocycles. The lowest BCUT2D eigenvalue weighted by atomic mass is 10.0. The van der Waals surface area contributed by atoms with Crippen molar-refractivity contribution in [3.05, 3.63) is 206 Å². The van der Waals surface area contributed by atoms with Gasteiger partial charge < -0.3 is 13.4 Å². The van der Waals surface area contributed by atoms with Gasteiger partial charge in [-0.2, -0.15) is 0 Å². The molecule has 8 nitrogen and oxygen atoms in total. The third-order valence-electron chi connectivity index (χ3n) is 12.9. The molecule has 0 atom stereocenters. The summed E-state index contributed by atoms with van der Waals surface area (Å²) in [4.78, 5) is 24.9. The van der Waals surface area contributed by atoms with Gasteiger partial charge in [-0.3, -0.25) is 0 Å². The standard InChI is InChI=1S/C59H34N6O2/c1-2-11-41-34-44(29-25-35(41)9-1)65-53-45-12-4-3-10-36(45)26-31-47(53)48-32-27-42-33-43(28-30-46(42)54(48)65)57-63-55(37-17-21-39(22-18-37)58-60-49-13-5-7-15-51(49)66-58)62-56(64-57)38-19-23-40(24-20-38)59-61-50-14-6-8-16-52(50)67-59/h1-34H. The summed E-state index contributed by atoms with van der Waals surface area (Å²) in [6.07, 6.45) is 0. The molecular weight excluding hydrogens is 825 g/mol. The third-order valence-corrected chi connectivity index (χ3v) is 12.9. The molecule has 67 heavy (non-hydrogen) atoms. The van der Waals surface area contributed by atoms with Crippen molar-refractivity contribution in [2.24, 2.45) is 0 Å². The largest absolute Gasteiger partial charge is 0.436 e. The quantitative estimate of drug-likeness (QED) is 0.164. The highest BCUT2D eigenvalue weighted by Gasteiger charge is 2.20. The topological polar surface area (TPSA) is 95.7 Å². The minimum absolute atomic E-state index is 0.547. The fourth-order valence-corrected chi connectivity index (χ4v) is 9.59. The Hall–Kier alpha value is -9.27. The molecule has 0 N–H and O–H groups in total. The van der Waals surface area contributed by atoms with Gasteiger partial charge in [0.15, 0.2) is 28.6 Å². The number of para-hydroxylation sites is 4. The number of hydrogen-bond acceptors (Lipinski definition) is 7. The molecule has 8 heteroatoms. The maximum Gasteiger partial charge on any atom is 0.227 e. The Bertz CT molecular complexity index is 4080. The second-order valence-corrected chi connectivity index (χ2v) is 16.9. The Kier molecular flexibility index (Phi) is 8.11. The van der Waals surface area contributed by atoms with E-state index in [0.717, 1.165) is 72.0 Å². The van der Waals surface area contributed by atoms with Crippen molar-refractivity contribution >= 4 is 76.3 Å². The zero-order valence-corrected chi connectivity index (χ0v) is 35.6. The first kappa shape index (κ1) is 37.1. The first-order valence-corrected chi connectivity index (χ1v) is 22.2. The van der Waals surface area contributed by atoms with Gasteiger partial charge in [0.2, 0.25) is 11.8 Å².